The predicted molar refractivity (Wildman–Crippen MR) is 97.0 cm³/mol. The highest BCUT2D eigenvalue weighted by Crippen LogP contribution is 2.40. The zero-order valence-electron chi connectivity index (χ0n) is 14.7. The molecule has 0 aliphatic heterocycles. The van der Waals surface area contributed by atoms with Crippen LogP contribution in [0.15, 0.2) is 24.3 Å². The van der Waals surface area contributed by atoms with Crippen LogP contribution < -0.4 is 5.73 Å². The Labute approximate surface area is 132 Å². The van der Waals surface area contributed by atoms with Gasteiger partial charge >= 0.3 is 0 Å². The molecule has 0 aliphatic rings. The summed E-state index contributed by atoms with van der Waals surface area (Å²) in [6.07, 6.45) is 0. The van der Waals surface area contributed by atoms with Gasteiger partial charge in [-0.25, -0.2) is 0 Å². The van der Waals surface area contributed by atoms with E-state index in [0.29, 0.717) is 16.6 Å². The fourth-order valence-corrected chi connectivity index (χ4v) is 8.83. The van der Waals surface area contributed by atoms with E-state index in [1.807, 2.05) is 13.0 Å². The van der Waals surface area contributed by atoms with E-state index in [0.717, 1.165) is 11.1 Å². The summed E-state index contributed by atoms with van der Waals surface area (Å²) in [6.45, 7) is 16.1. The minimum atomic E-state index is -1.67. The molecule has 1 nitrogen and oxygen atoms in total. The molecule has 1 atom stereocenters. The van der Waals surface area contributed by atoms with Gasteiger partial charge in [0.05, 0.1) is 0 Å². The molecule has 116 valence electrons. The van der Waals surface area contributed by atoms with Gasteiger partial charge in [-0.3, -0.25) is 0 Å². The van der Waals surface area contributed by atoms with E-state index in [9.17, 15) is 0 Å². The van der Waals surface area contributed by atoms with Gasteiger partial charge in [0.15, 0.2) is 0 Å². The topological polar surface area (TPSA) is 26.0 Å². The van der Waals surface area contributed by atoms with Crippen LogP contribution in [0.3, 0.4) is 0 Å². The molecule has 0 radical (unpaired) electrons. The van der Waals surface area contributed by atoms with Gasteiger partial charge in [-0.1, -0.05) is 65.7 Å². The lowest BCUT2D eigenvalue weighted by molar-refractivity contribution is 0.815. The maximum absolute atomic E-state index is 6.08. The summed E-state index contributed by atoms with van der Waals surface area (Å²) in [4.78, 5) is 0. The van der Waals surface area contributed by atoms with Crippen molar-refractivity contribution in [2.45, 2.75) is 71.1 Å². The molecule has 0 saturated heterocycles. The zero-order chi connectivity index (χ0) is 16.2. The molecule has 1 rings (SSSR count). The van der Waals surface area contributed by atoms with E-state index in [-0.39, 0.29) is 6.04 Å². The molecule has 0 heterocycles. The molecule has 0 spiro atoms. The van der Waals surface area contributed by atoms with Crippen LogP contribution in [0, 0.1) is 11.5 Å². The second-order valence-corrected chi connectivity index (χ2v) is 12.6. The van der Waals surface area contributed by atoms with Gasteiger partial charge in [-0.2, -0.15) is 0 Å². The van der Waals surface area contributed by atoms with Crippen molar-refractivity contribution < 1.29 is 0 Å². The second kappa shape index (κ2) is 7.29. The highest BCUT2D eigenvalue weighted by Gasteiger charge is 2.41. The second-order valence-electron chi connectivity index (χ2n) is 7.02. The maximum Gasteiger partial charge on any atom is 0.146 e. The summed E-state index contributed by atoms with van der Waals surface area (Å²) >= 11 is 0. The number of benzene rings is 1. The minimum absolute atomic E-state index is 0.0312. The highest BCUT2D eigenvalue weighted by atomic mass is 28.3. The van der Waals surface area contributed by atoms with Crippen LogP contribution in [0.25, 0.3) is 0 Å². The molecule has 0 aliphatic carbocycles. The van der Waals surface area contributed by atoms with E-state index in [1.165, 1.54) is 0 Å². The third kappa shape index (κ3) is 3.78. The number of hydrogen-bond donors (Lipinski definition) is 1. The Morgan fingerprint density at radius 1 is 0.857 bits per heavy atom. The van der Waals surface area contributed by atoms with Crippen molar-refractivity contribution >= 4 is 8.07 Å². The van der Waals surface area contributed by atoms with Crippen molar-refractivity contribution in [3.63, 3.8) is 0 Å². The monoisotopic (exact) mass is 301 g/mol. The molecule has 0 aromatic heterocycles. The van der Waals surface area contributed by atoms with Crippen LogP contribution in [-0.4, -0.2) is 8.07 Å². The quantitative estimate of drug-likeness (QED) is 0.594. The van der Waals surface area contributed by atoms with Crippen LogP contribution in [0.4, 0.5) is 0 Å². The first-order valence-electron chi connectivity index (χ1n) is 8.11. The van der Waals surface area contributed by atoms with Gasteiger partial charge < -0.3 is 5.73 Å². The fraction of sp³-hybridized carbons (Fsp3) is 0.579. The van der Waals surface area contributed by atoms with Crippen LogP contribution in [0.1, 0.15) is 65.6 Å². The Balaban J connectivity index is 3.36. The smallest absolute Gasteiger partial charge is 0.146 e. The van der Waals surface area contributed by atoms with Crippen LogP contribution >= 0.6 is 0 Å². The summed E-state index contributed by atoms with van der Waals surface area (Å²) in [5.41, 5.74) is 14.1. The lowest BCUT2D eigenvalue weighted by atomic mass is 10.0. The molecular formula is C19H31NSi. The number of rotatable bonds is 4. The summed E-state index contributed by atoms with van der Waals surface area (Å²) in [5.74, 6) is 3.51. The molecule has 21 heavy (non-hydrogen) atoms. The lowest BCUT2D eigenvalue weighted by Crippen LogP contribution is -2.43. The average Bonchev–Trinajstić information content (AvgIpc) is 2.38. The molecule has 0 amide bonds. The molecule has 1 unspecified atom stereocenters. The Hall–Kier alpha value is -1.04. The van der Waals surface area contributed by atoms with Gasteiger partial charge in [0.2, 0.25) is 0 Å². The maximum atomic E-state index is 6.08. The molecule has 2 N–H and O–H groups in total. The van der Waals surface area contributed by atoms with E-state index < -0.39 is 8.07 Å². The summed E-state index contributed by atoms with van der Waals surface area (Å²) in [6, 6.07) is 8.33. The fourth-order valence-electron chi connectivity index (χ4n) is 3.62. The van der Waals surface area contributed by atoms with Crippen molar-refractivity contribution in [2.75, 3.05) is 0 Å². The molecule has 0 bridgehead atoms. The van der Waals surface area contributed by atoms with Crippen LogP contribution in [-0.2, 0) is 0 Å². The SMILES string of the molecule is CC(N)c1ccccc1C#C[Si](C(C)C)(C(C)C)C(C)C. The standard InChI is InChI=1S/C19H31NSi/c1-14(2)21(15(3)4,16(5)6)13-12-18-10-8-9-11-19(18)17(7)20/h8-11,14-17H,20H2,1-7H3. The Morgan fingerprint density at radius 3 is 1.76 bits per heavy atom. The summed E-state index contributed by atoms with van der Waals surface area (Å²) in [7, 11) is -1.67. The van der Waals surface area contributed by atoms with E-state index in [4.69, 9.17) is 5.73 Å². The molecule has 0 saturated carbocycles. The number of hydrogen-bond acceptors (Lipinski definition) is 1. The summed E-state index contributed by atoms with van der Waals surface area (Å²) < 4.78 is 0. The van der Waals surface area contributed by atoms with E-state index in [1.54, 1.807) is 0 Å². The van der Waals surface area contributed by atoms with Crippen molar-refractivity contribution in [2.24, 2.45) is 5.73 Å². The van der Waals surface area contributed by atoms with Gasteiger partial charge in [0.25, 0.3) is 0 Å². The van der Waals surface area contributed by atoms with Gasteiger partial charge in [0.1, 0.15) is 8.07 Å². The minimum Gasteiger partial charge on any atom is -0.324 e. The third-order valence-corrected chi connectivity index (χ3v) is 11.0. The Bertz CT molecular complexity index is 496. The van der Waals surface area contributed by atoms with E-state index in [2.05, 4.69) is 71.2 Å². The van der Waals surface area contributed by atoms with Crippen molar-refractivity contribution in [1.29, 1.82) is 0 Å². The van der Waals surface area contributed by atoms with Gasteiger partial charge in [0, 0.05) is 11.6 Å². The first-order chi connectivity index (χ1) is 9.73. The van der Waals surface area contributed by atoms with Gasteiger partial charge in [-0.05, 0) is 35.2 Å². The zero-order valence-corrected chi connectivity index (χ0v) is 15.7. The van der Waals surface area contributed by atoms with Crippen molar-refractivity contribution in [1.82, 2.24) is 0 Å². The first kappa shape index (κ1) is 18.0. The Kier molecular flexibility index (Phi) is 6.25. The normalized spacial score (nSPS) is 13.5. The van der Waals surface area contributed by atoms with E-state index >= 15 is 0 Å². The van der Waals surface area contributed by atoms with Crippen LogP contribution in [0.2, 0.25) is 16.6 Å². The van der Waals surface area contributed by atoms with Crippen molar-refractivity contribution in [3.05, 3.63) is 35.4 Å². The lowest BCUT2D eigenvalue weighted by Gasteiger charge is -2.38. The first-order valence-corrected chi connectivity index (χ1v) is 10.3. The average molecular weight is 302 g/mol. The molecule has 1 aromatic rings. The molecule has 1 aromatic carbocycles. The largest absolute Gasteiger partial charge is 0.324 e. The number of nitrogens with two attached hydrogens (primary N) is 1. The highest BCUT2D eigenvalue weighted by molar-refractivity contribution is 6.90. The van der Waals surface area contributed by atoms with Gasteiger partial charge in [-0.15, -0.1) is 5.54 Å². The molecule has 2 heteroatoms. The Morgan fingerprint density at radius 2 is 1.33 bits per heavy atom. The van der Waals surface area contributed by atoms with Crippen LogP contribution in [0.5, 0.6) is 0 Å². The molecular weight excluding hydrogens is 270 g/mol. The summed E-state index contributed by atoms with van der Waals surface area (Å²) in [5, 5.41) is 0. The molecule has 0 fully saturated rings. The third-order valence-electron chi connectivity index (χ3n) is 4.73. The predicted octanol–water partition coefficient (Wildman–Crippen LogP) is 5.28. The van der Waals surface area contributed by atoms with Crippen molar-refractivity contribution in [3.8, 4) is 11.5 Å².